The van der Waals surface area contributed by atoms with E-state index in [4.69, 9.17) is 4.74 Å². The van der Waals surface area contributed by atoms with Crippen molar-refractivity contribution in [2.24, 2.45) is 0 Å². The van der Waals surface area contributed by atoms with Crippen molar-refractivity contribution < 1.29 is 14.3 Å². The van der Waals surface area contributed by atoms with Gasteiger partial charge >= 0.3 is 0 Å². The minimum Gasteiger partial charge on any atom is -0.495 e. The van der Waals surface area contributed by atoms with Crippen molar-refractivity contribution in [1.82, 2.24) is 9.80 Å². The first-order valence-electron chi connectivity index (χ1n) is 12.3. The molecule has 6 heteroatoms. The number of fused-ring (bicyclic) bond motifs is 4. The monoisotopic (exact) mass is 467 g/mol. The molecular weight excluding hydrogens is 438 g/mol. The highest BCUT2D eigenvalue weighted by Gasteiger charge is 2.47. The SMILES string of the molecule is COc1ccccc1N1CCN(C(=O)[C@H]2c3ccccc3C(=O)N3CCc4ccccc4[C@H]23)CC1. The van der Waals surface area contributed by atoms with Gasteiger partial charge in [0.15, 0.2) is 0 Å². The second-order valence-electron chi connectivity index (χ2n) is 9.44. The summed E-state index contributed by atoms with van der Waals surface area (Å²) >= 11 is 0. The molecule has 6 rings (SSSR count). The zero-order chi connectivity index (χ0) is 23.9. The van der Waals surface area contributed by atoms with Crippen molar-refractivity contribution in [1.29, 1.82) is 0 Å². The molecule has 3 aliphatic heterocycles. The normalized spacial score (nSPS) is 21.2. The number of ether oxygens (including phenoxy) is 1. The number of benzene rings is 3. The van der Waals surface area contributed by atoms with Crippen molar-refractivity contribution in [2.75, 3.05) is 44.7 Å². The highest BCUT2D eigenvalue weighted by Crippen LogP contribution is 2.46. The quantitative estimate of drug-likeness (QED) is 0.587. The summed E-state index contributed by atoms with van der Waals surface area (Å²) in [4.78, 5) is 33.8. The number of para-hydroxylation sites is 2. The van der Waals surface area contributed by atoms with Crippen molar-refractivity contribution >= 4 is 17.5 Å². The van der Waals surface area contributed by atoms with E-state index in [1.165, 1.54) is 5.56 Å². The molecule has 3 aromatic rings. The molecule has 0 saturated carbocycles. The summed E-state index contributed by atoms with van der Waals surface area (Å²) in [6.07, 6.45) is 0.819. The minimum absolute atomic E-state index is 0.0325. The van der Waals surface area contributed by atoms with E-state index in [1.54, 1.807) is 7.11 Å². The van der Waals surface area contributed by atoms with Crippen LogP contribution in [0.4, 0.5) is 5.69 Å². The fraction of sp³-hybridized carbons (Fsp3) is 0.310. The van der Waals surface area contributed by atoms with Crippen LogP contribution in [0.2, 0.25) is 0 Å². The van der Waals surface area contributed by atoms with Crippen LogP contribution in [0.1, 0.15) is 39.0 Å². The summed E-state index contributed by atoms with van der Waals surface area (Å²) in [6.45, 7) is 3.39. The Bertz CT molecular complexity index is 1280. The highest BCUT2D eigenvalue weighted by molar-refractivity contribution is 6.01. The topological polar surface area (TPSA) is 53.1 Å². The molecule has 0 bridgehead atoms. The third-order valence-corrected chi connectivity index (χ3v) is 7.72. The number of amides is 2. The zero-order valence-corrected chi connectivity index (χ0v) is 19.9. The Kier molecular flexibility index (Phi) is 5.44. The molecule has 0 N–H and O–H groups in total. The fourth-order valence-electron chi connectivity index (χ4n) is 6.00. The molecule has 0 unspecified atom stereocenters. The van der Waals surface area contributed by atoms with E-state index in [1.807, 2.05) is 64.4 Å². The molecule has 2 amide bonds. The maximum atomic E-state index is 14.2. The molecule has 0 aromatic heterocycles. The first kappa shape index (κ1) is 21.7. The van der Waals surface area contributed by atoms with Gasteiger partial charge in [0.25, 0.3) is 5.91 Å². The van der Waals surface area contributed by atoms with Gasteiger partial charge in [0.1, 0.15) is 5.75 Å². The van der Waals surface area contributed by atoms with Gasteiger partial charge in [-0.15, -0.1) is 0 Å². The lowest BCUT2D eigenvalue weighted by atomic mass is 9.75. The minimum atomic E-state index is -0.400. The van der Waals surface area contributed by atoms with Crippen LogP contribution in [-0.4, -0.2) is 61.4 Å². The summed E-state index contributed by atoms with van der Waals surface area (Å²) in [5.41, 5.74) is 4.91. The molecular formula is C29H29N3O3. The second kappa shape index (κ2) is 8.77. The summed E-state index contributed by atoms with van der Waals surface area (Å²) in [5, 5.41) is 0. The number of methoxy groups -OCH3 is 1. The summed E-state index contributed by atoms with van der Waals surface area (Å²) < 4.78 is 5.55. The predicted molar refractivity (Wildman–Crippen MR) is 135 cm³/mol. The van der Waals surface area contributed by atoms with Crippen LogP contribution >= 0.6 is 0 Å². The van der Waals surface area contributed by atoms with Gasteiger partial charge in [-0.2, -0.15) is 0 Å². The average Bonchev–Trinajstić information content (AvgIpc) is 2.93. The Labute approximate surface area is 205 Å². The van der Waals surface area contributed by atoms with Gasteiger partial charge in [-0.1, -0.05) is 54.6 Å². The number of hydrogen-bond donors (Lipinski definition) is 0. The summed E-state index contributed by atoms with van der Waals surface area (Å²) in [5.74, 6) is 0.589. The van der Waals surface area contributed by atoms with Crippen molar-refractivity contribution in [3.05, 3.63) is 95.1 Å². The Morgan fingerprint density at radius 2 is 1.51 bits per heavy atom. The zero-order valence-electron chi connectivity index (χ0n) is 19.9. The molecule has 2 atom stereocenters. The van der Waals surface area contributed by atoms with Gasteiger partial charge in [0.2, 0.25) is 5.91 Å². The molecule has 35 heavy (non-hydrogen) atoms. The van der Waals surface area contributed by atoms with Gasteiger partial charge in [-0.05, 0) is 41.3 Å². The van der Waals surface area contributed by atoms with E-state index >= 15 is 0 Å². The van der Waals surface area contributed by atoms with E-state index in [9.17, 15) is 9.59 Å². The van der Waals surface area contributed by atoms with Crippen LogP contribution in [0.3, 0.4) is 0 Å². The van der Waals surface area contributed by atoms with Gasteiger partial charge in [-0.3, -0.25) is 9.59 Å². The largest absolute Gasteiger partial charge is 0.495 e. The van der Waals surface area contributed by atoms with E-state index in [0.29, 0.717) is 25.2 Å². The lowest BCUT2D eigenvalue weighted by Gasteiger charge is -2.47. The smallest absolute Gasteiger partial charge is 0.254 e. The number of rotatable bonds is 3. The number of hydrogen-bond acceptors (Lipinski definition) is 4. The lowest BCUT2D eigenvalue weighted by Crippen LogP contribution is -2.54. The average molecular weight is 468 g/mol. The predicted octanol–water partition coefficient (Wildman–Crippen LogP) is 3.88. The van der Waals surface area contributed by atoms with Crippen LogP contribution in [0, 0.1) is 0 Å². The van der Waals surface area contributed by atoms with Gasteiger partial charge in [-0.25, -0.2) is 0 Å². The molecule has 0 spiro atoms. The molecule has 0 aliphatic carbocycles. The van der Waals surface area contributed by atoms with Crippen LogP contribution in [0.25, 0.3) is 0 Å². The number of carbonyl (C=O) groups is 2. The van der Waals surface area contributed by atoms with E-state index in [-0.39, 0.29) is 17.9 Å². The van der Waals surface area contributed by atoms with E-state index < -0.39 is 5.92 Å². The molecule has 178 valence electrons. The lowest BCUT2D eigenvalue weighted by molar-refractivity contribution is -0.135. The Morgan fingerprint density at radius 1 is 0.829 bits per heavy atom. The Hall–Kier alpha value is -3.80. The van der Waals surface area contributed by atoms with Gasteiger partial charge < -0.3 is 19.4 Å². The summed E-state index contributed by atoms with van der Waals surface area (Å²) in [6, 6.07) is 23.7. The third-order valence-electron chi connectivity index (χ3n) is 7.72. The molecule has 1 fully saturated rings. The van der Waals surface area contributed by atoms with Crippen LogP contribution < -0.4 is 9.64 Å². The van der Waals surface area contributed by atoms with Gasteiger partial charge in [0, 0.05) is 38.3 Å². The van der Waals surface area contributed by atoms with Crippen molar-refractivity contribution in [3.63, 3.8) is 0 Å². The Morgan fingerprint density at radius 3 is 2.31 bits per heavy atom. The molecule has 1 saturated heterocycles. The summed E-state index contributed by atoms with van der Waals surface area (Å²) in [7, 11) is 1.69. The number of carbonyl (C=O) groups excluding carboxylic acids is 2. The standard InChI is InChI=1S/C29H29N3O3/c1-35-25-13-7-6-12-24(25)30-16-18-31(19-17-30)29(34)26-22-10-4-5-11-23(22)28(33)32-15-14-20-8-2-3-9-21(20)27(26)32/h2-13,26-27H,14-19H2,1H3/t26-,27+/m0/s1. The molecule has 0 radical (unpaired) electrons. The number of anilines is 1. The maximum absolute atomic E-state index is 14.2. The van der Waals surface area contributed by atoms with Crippen LogP contribution in [0.15, 0.2) is 72.8 Å². The van der Waals surface area contributed by atoms with Crippen molar-refractivity contribution in [3.8, 4) is 5.75 Å². The molecule has 3 heterocycles. The highest BCUT2D eigenvalue weighted by atomic mass is 16.5. The number of nitrogens with zero attached hydrogens (tertiary/aromatic N) is 3. The molecule has 3 aliphatic rings. The first-order chi connectivity index (χ1) is 17.2. The maximum Gasteiger partial charge on any atom is 0.254 e. The van der Waals surface area contributed by atoms with Crippen LogP contribution in [-0.2, 0) is 11.2 Å². The first-order valence-corrected chi connectivity index (χ1v) is 12.3. The number of piperazine rings is 1. The van der Waals surface area contributed by atoms with E-state index in [0.717, 1.165) is 42.1 Å². The molecule has 3 aromatic carbocycles. The van der Waals surface area contributed by atoms with Crippen LogP contribution in [0.5, 0.6) is 5.75 Å². The van der Waals surface area contributed by atoms with Crippen molar-refractivity contribution in [2.45, 2.75) is 18.4 Å². The molecule has 6 nitrogen and oxygen atoms in total. The Balaban J connectivity index is 1.32. The second-order valence-corrected chi connectivity index (χ2v) is 9.44. The third kappa shape index (κ3) is 3.55. The van der Waals surface area contributed by atoms with E-state index in [2.05, 4.69) is 23.1 Å². The van der Waals surface area contributed by atoms with Gasteiger partial charge in [0.05, 0.1) is 24.8 Å². The fourth-order valence-corrected chi connectivity index (χ4v) is 6.00.